The van der Waals surface area contributed by atoms with Crippen LogP contribution in [0.1, 0.15) is 133 Å². The van der Waals surface area contributed by atoms with Crippen molar-refractivity contribution in [2.24, 2.45) is 41.4 Å². The normalized spacial score (nSPS) is 46.2. The number of ether oxygens (including phenoxy) is 5. The lowest BCUT2D eigenvalue weighted by atomic mass is 9.72. The predicted octanol–water partition coefficient (Wildman–Crippen LogP) is 6.19. The van der Waals surface area contributed by atoms with Crippen molar-refractivity contribution in [1.29, 1.82) is 0 Å². The Morgan fingerprint density at radius 2 is 1.57 bits per heavy atom. The van der Waals surface area contributed by atoms with Gasteiger partial charge in [-0.3, -0.25) is 9.59 Å². The van der Waals surface area contributed by atoms with Crippen molar-refractivity contribution in [2.75, 3.05) is 0 Å². The van der Waals surface area contributed by atoms with Gasteiger partial charge in [-0.2, -0.15) is 0 Å². The average molecular weight is 751 g/mol. The summed E-state index contributed by atoms with van der Waals surface area (Å²) in [6.45, 7) is 19.6. The zero-order chi connectivity index (χ0) is 39.3. The number of ketones is 1. The summed E-state index contributed by atoms with van der Waals surface area (Å²) in [4.78, 5) is 26.4. The van der Waals surface area contributed by atoms with E-state index in [0.717, 1.165) is 6.42 Å². The molecule has 18 atom stereocenters. The molecule has 5 aliphatic heterocycles. The largest absolute Gasteiger partial charge is 0.481 e. The maximum atomic E-state index is 14.4. The first-order chi connectivity index (χ1) is 24.8. The summed E-state index contributed by atoms with van der Waals surface area (Å²) >= 11 is 0. The lowest BCUT2D eigenvalue weighted by molar-refractivity contribution is -0.409. The van der Waals surface area contributed by atoms with Crippen LogP contribution < -0.4 is 0 Å². The van der Waals surface area contributed by atoms with Crippen molar-refractivity contribution in [3.63, 3.8) is 0 Å². The molecule has 11 heteroatoms. The van der Waals surface area contributed by atoms with Gasteiger partial charge in [-0.15, -0.1) is 0 Å². The molecule has 0 aromatic heterocycles. The van der Waals surface area contributed by atoms with Gasteiger partial charge in [0.2, 0.25) is 5.79 Å². The highest BCUT2D eigenvalue weighted by Gasteiger charge is 2.63. The Labute approximate surface area is 317 Å². The van der Waals surface area contributed by atoms with Crippen LogP contribution in [-0.2, 0) is 33.3 Å². The lowest BCUT2D eigenvalue weighted by Gasteiger charge is -2.54. The number of Topliss-reactive ketones (excluding diaryl/α,β-unsaturated/α-hetero) is 1. The molecule has 53 heavy (non-hydrogen) atoms. The van der Waals surface area contributed by atoms with Gasteiger partial charge < -0.3 is 44.1 Å². The molecule has 304 valence electrons. The first kappa shape index (κ1) is 42.7. The van der Waals surface area contributed by atoms with Gasteiger partial charge in [-0.25, -0.2) is 0 Å². The molecule has 0 saturated carbocycles. The van der Waals surface area contributed by atoms with Crippen molar-refractivity contribution < 1.29 is 53.7 Å². The van der Waals surface area contributed by atoms with Crippen molar-refractivity contribution in [3.8, 4) is 0 Å². The quantitative estimate of drug-likeness (QED) is 0.169. The second-order valence-electron chi connectivity index (χ2n) is 17.9. The summed E-state index contributed by atoms with van der Waals surface area (Å²) in [5.41, 5.74) is -1.63. The Morgan fingerprint density at radius 1 is 0.887 bits per heavy atom. The van der Waals surface area contributed by atoms with Crippen molar-refractivity contribution in [2.45, 2.75) is 199 Å². The maximum Gasteiger partial charge on any atom is 0.309 e. The standard InChI is InChI=1S/C42H70O11/c1-11-29(38(46)47)31-15-14-23(4)36(50-31)27(8)34(44)26(7)35(45)30(12-2)37-24(5)22-25(6)41(51-37)19-16-32(43)42(53-41)21-20-39(10,52-42)33-17-18-40(48,13-3)28(9)49-33/h16,19,23-34,36-37,43-44,48H,11-15,17-18,20-22H2,1-10H3,(H,46,47)/t23-,24-,25+,26+,27-,28-,29-,30+,31+,32+,33?,34-,36?,37?,39+,40+,41-,42-/m0/s1. The fraction of sp³-hybridized carbons (Fsp3) is 0.905. The van der Waals surface area contributed by atoms with Gasteiger partial charge in [-0.1, -0.05) is 55.4 Å². The van der Waals surface area contributed by atoms with E-state index in [2.05, 4.69) is 20.8 Å². The number of hydrogen-bond donors (Lipinski definition) is 4. The molecule has 5 rings (SSSR count). The van der Waals surface area contributed by atoms with Gasteiger partial charge in [0.15, 0.2) is 5.79 Å². The molecule has 5 heterocycles. The van der Waals surface area contributed by atoms with Crippen molar-refractivity contribution in [3.05, 3.63) is 12.2 Å². The van der Waals surface area contributed by atoms with Gasteiger partial charge in [0, 0.05) is 30.1 Å². The highest BCUT2D eigenvalue weighted by Crippen LogP contribution is 2.54. The van der Waals surface area contributed by atoms with E-state index in [1.807, 2.05) is 41.5 Å². The molecule has 0 bridgehead atoms. The van der Waals surface area contributed by atoms with E-state index in [-0.39, 0.29) is 41.8 Å². The fourth-order valence-electron chi connectivity index (χ4n) is 10.5. The highest BCUT2D eigenvalue weighted by atomic mass is 16.8. The molecule has 0 aliphatic carbocycles. The third kappa shape index (κ3) is 7.94. The molecule has 0 radical (unpaired) electrons. The van der Waals surface area contributed by atoms with Crippen molar-refractivity contribution >= 4 is 11.8 Å². The molecule has 3 unspecified atom stereocenters. The number of hydrogen-bond acceptors (Lipinski definition) is 10. The molecule has 5 aliphatic rings. The van der Waals surface area contributed by atoms with Gasteiger partial charge in [-0.05, 0) is 95.6 Å². The topological polar surface area (TPSA) is 161 Å². The molecule has 0 aromatic rings. The SMILES string of the molecule is CC[C@H](C(=O)[C@H](C)[C@H](O)[C@H](C)C1O[C@@H]([C@H](CC)C(=O)O)CC[C@@H]1C)C1O[C@]2(C=C[C@@H](O)[C@]3(CC[C@](C)(C4CC[C@](O)(CC)[C@H](C)O4)O3)O2)[C@H](C)C[C@@H]1C. The molecule has 11 nitrogen and oxygen atoms in total. The summed E-state index contributed by atoms with van der Waals surface area (Å²) < 4.78 is 33.5. The number of aliphatic carboxylic acids is 1. The van der Waals surface area contributed by atoms with Gasteiger partial charge in [0.1, 0.15) is 11.9 Å². The summed E-state index contributed by atoms with van der Waals surface area (Å²) in [6.07, 6.45) is 5.51. The van der Waals surface area contributed by atoms with Crippen LogP contribution in [0.4, 0.5) is 0 Å². The van der Waals surface area contributed by atoms with E-state index in [0.29, 0.717) is 57.8 Å². The smallest absolute Gasteiger partial charge is 0.309 e. The molecule has 0 amide bonds. The minimum Gasteiger partial charge on any atom is -0.481 e. The van der Waals surface area contributed by atoms with Crippen LogP contribution in [0.3, 0.4) is 0 Å². The van der Waals surface area contributed by atoms with Crippen LogP contribution in [0.15, 0.2) is 12.2 Å². The van der Waals surface area contributed by atoms with Gasteiger partial charge >= 0.3 is 5.97 Å². The lowest BCUT2D eigenvalue weighted by Crippen LogP contribution is -2.63. The number of aliphatic hydroxyl groups excluding tert-OH is 2. The molecule has 0 aromatic carbocycles. The Hall–Kier alpha value is -1.44. The summed E-state index contributed by atoms with van der Waals surface area (Å²) in [5.74, 6) is -5.78. The van der Waals surface area contributed by atoms with Crippen LogP contribution >= 0.6 is 0 Å². The molecule has 2 spiro atoms. The van der Waals surface area contributed by atoms with Crippen molar-refractivity contribution in [1.82, 2.24) is 0 Å². The van der Waals surface area contributed by atoms with Gasteiger partial charge in [0.05, 0.1) is 53.7 Å². The Balaban J connectivity index is 1.31. The van der Waals surface area contributed by atoms with Crippen LogP contribution in [-0.4, -0.2) is 97.7 Å². The van der Waals surface area contributed by atoms with E-state index in [1.54, 1.807) is 19.1 Å². The Kier molecular flexibility index (Phi) is 13.0. The fourth-order valence-corrected chi connectivity index (χ4v) is 10.5. The Bertz CT molecular complexity index is 1320. The second kappa shape index (κ2) is 16.2. The van der Waals surface area contributed by atoms with E-state index in [4.69, 9.17) is 23.7 Å². The first-order valence-corrected chi connectivity index (χ1v) is 20.7. The molecule has 4 saturated heterocycles. The molecular weight excluding hydrogens is 680 g/mol. The zero-order valence-electron chi connectivity index (χ0n) is 34.0. The summed E-state index contributed by atoms with van der Waals surface area (Å²) in [6, 6.07) is 0. The monoisotopic (exact) mass is 750 g/mol. The number of aliphatic hydroxyl groups is 3. The summed E-state index contributed by atoms with van der Waals surface area (Å²) in [7, 11) is 0. The maximum absolute atomic E-state index is 14.4. The first-order valence-electron chi connectivity index (χ1n) is 20.7. The molecule has 4 fully saturated rings. The number of carboxylic acid groups (broad SMARTS) is 1. The van der Waals surface area contributed by atoms with E-state index in [1.165, 1.54) is 0 Å². The van der Waals surface area contributed by atoms with Crippen LogP contribution in [0.25, 0.3) is 0 Å². The third-order valence-corrected chi connectivity index (χ3v) is 14.4. The molecule has 4 N–H and O–H groups in total. The Morgan fingerprint density at radius 3 is 2.17 bits per heavy atom. The number of carbonyl (C=O) groups excluding carboxylic acids is 1. The predicted molar refractivity (Wildman–Crippen MR) is 199 cm³/mol. The highest BCUT2D eigenvalue weighted by molar-refractivity contribution is 5.84. The number of carbonyl (C=O) groups is 2. The van der Waals surface area contributed by atoms with E-state index in [9.17, 15) is 30.0 Å². The number of carboxylic acids is 1. The van der Waals surface area contributed by atoms with Crippen LogP contribution in [0, 0.1) is 41.4 Å². The zero-order valence-corrected chi connectivity index (χ0v) is 34.0. The molecular formula is C42H70O11. The average Bonchev–Trinajstić information content (AvgIpc) is 3.47. The van der Waals surface area contributed by atoms with E-state index >= 15 is 0 Å². The minimum atomic E-state index is -1.37. The van der Waals surface area contributed by atoms with Gasteiger partial charge in [0.25, 0.3) is 0 Å². The van der Waals surface area contributed by atoms with Crippen LogP contribution in [0.5, 0.6) is 0 Å². The second-order valence-corrected chi connectivity index (χ2v) is 17.9. The van der Waals surface area contributed by atoms with E-state index < -0.39 is 76.8 Å². The summed E-state index contributed by atoms with van der Waals surface area (Å²) in [5, 5.41) is 44.0. The number of rotatable bonds is 12. The minimum absolute atomic E-state index is 0.0137. The third-order valence-electron chi connectivity index (χ3n) is 14.4. The van der Waals surface area contributed by atoms with Crippen LogP contribution in [0.2, 0.25) is 0 Å².